The van der Waals surface area contributed by atoms with Crippen molar-refractivity contribution in [3.63, 3.8) is 0 Å². The van der Waals surface area contributed by atoms with Gasteiger partial charge in [0.15, 0.2) is 0 Å². The number of ether oxygens (including phenoxy) is 2. The Morgan fingerprint density at radius 2 is 1.00 bits per heavy atom. The van der Waals surface area contributed by atoms with E-state index < -0.39 is 13.9 Å². The molecule has 0 aliphatic rings. The summed E-state index contributed by atoms with van der Waals surface area (Å²) < 4.78 is 35.1. The van der Waals surface area contributed by atoms with Gasteiger partial charge in [0.05, 0.1) is 34.4 Å². The van der Waals surface area contributed by atoms with Gasteiger partial charge in [0, 0.05) is 13.0 Å². The predicted molar refractivity (Wildman–Crippen MR) is 247 cm³/mol. The van der Waals surface area contributed by atoms with E-state index in [-0.39, 0.29) is 25.8 Å². The third kappa shape index (κ3) is 45.5. The molecular weight excluding hydrogens is 746 g/mol. The number of esters is 1. The predicted octanol–water partition coefficient (Wildman–Crippen LogP) is 14.3. The molecule has 8 nitrogen and oxygen atoms in total. The van der Waals surface area contributed by atoms with E-state index >= 15 is 0 Å². The van der Waals surface area contributed by atoms with Crippen molar-refractivity contribution < 1.29 is 37.3 Å². The number of phosphoric ester groups is 1. The maximum atomic E-state index is 12.7. The van der Waals surface area contributed by atoms with Crippen molar-refractivity contribution in [1.82, 2.24) is 0 Å². The van der Waals surface area contributed by atoms with Crippen LogP contribution in [0.3, 0.4) is 0 Å². The molecule has 2 unspecified atom stereocenters. The monoisotopic (exact) mass is 839 g/mol. The van der Waals surface area contributed by atoms with E-state index in [4.69, 9.17) is 18.5 Å². The van der Waals surface area contributed by atoms with Crippen LogP contribution in [0.1, 0.15) is 200 Å². The summed E-state index contributed by atoms with van der Waals surface area (Å²) in [6, 6.07) is 0. The van der Waals surface area contributed by atoms with Crippen molar-refractivity contribution >= 4 is 13.8 Å². The summed E-state index contributed by atoms with van der Waals surface area (Å²) >= 11 is 0. The minimum absolute atomic E-state index is 0.0853. The van der Waals surface area contributed by atoms with Gasteiger partial charge in [-0.25, -0.2) is 4.57 Å². The van der Waals surface area contributed by atoms with E-state index in [0.29, 0.717) is 24.1 Å². The molecule has 9 heteroatoms. The molecule has 0 saturated heterocycles. The Kier molecular flexibility index (Phi) is 41.0. The first-order valence-electron chi connectivity index (χ1n) is 23.9. The first kappa shape index (κ1) is 56.5. The van der Waals surface area contributed by atoms with Crippen molar-refractivity contribution in [2.24, 2.45) is 0 Å². The Bertz CT molecular complexity index is 1070. The first-order chi connectivity index (χ1) is 28.1. The number of carbonyl (C=O) groups is 1. The molecular formula is C49H93NO7P+. The average Bonchev–Trinajstić information content (AvgIpc) is 3.18. The minimum Gasteiger partial charge on any atom is -0.457 e. The second kappa shape index (κ2) is 42.2. The van der Waals surface area contributed by atoms with Crippen LogP contribution in [0.5, 0.6) is 0 Å². The molecule has 0 saturated carbocycles. The maximum absolute atomic E-state index is 12.7. The van der Waals surface area contributed by atoms with Gasteiger partial charge in [0.25, 0.3) is 0 Å². The molecule has 340 valence electrons. The zero-order chi connectivity index (χ0) is 42.7. The Balaban J connectivity index is 4.21. The van der Waals surface area contributed by atoms with Gasteiger partial charge in [-0.3, -0.25) is 13.8 Å². The normalized spacial score (nSPS) is 14.1. The van der Waals surface area contributed by atoms with E-state index in [2.05, 4.69) is 62.5 Å². The molecule has 0 bridgehead atoms. The molecule has 0 heterocycles. The van der Waals surface area contributed by atoms with E-state index in [1.807, 2.05) is 21.1 Å². The number of allylic oxidation sites excluding steroid dienone is 8. The molecule has 1 N–H and O–H groups in total. The lowest BCUT2D eigenvalue weighted by molar-refractivity contribution is -0.870. The third-order valence-electron chi connectivity index (χ3n) is 10.2. The van der Waals surface area contributed by atoms with Gasteiger partial charge in [0.2, 0.25) is 0 Å². The van der Waals surface area contributed by atoms with E-state index in [1.165, 1.54) is 109 Å². The quantitative estimate of drug-likeness (QED) is 0.0215. The molecule has 0 aromatic heterocycles. The molecule has 2 atom stereocenters. The molecule has 0 fully saturated rings. The molecule has 0 aromatic rings. The highest BCUT2D eigenvalue weighted by Gasteiger charge is 2.26. The third-order valence-corrected chi connectivity index (χ3v) is 11.1. The number of unbranched alkanes of at least 4 members (excludes halogenated alkanes) is 22. The second-order valence-electron chi connectivity index (χ2n) is 17.1. The van der Waals surface area contributed by atoms with Crippen LogP contribution >= 0.6 is 7.82 Å². The van der Waals surface area contributed by atoms with Crippen molar-refractivity contribution in [2.75, 3.05) is 54.1 Å². The molecule has 0 spiro atoms. The highest BCUT2D eigenvalue weighted by atomic mass is 31.2. The lowest BCUT2D eigenvalue weighted by atomic mass is 10.0. The summed E-state index contributed by atoms with van der Waals surface area (Å²) in [5.41, 5.74) is 0. The van der Waals surface area contributed by atoms with Crippen molar-refractivity contribution in [2.45, 2.75) is 206 Å². The topological polar surface area (TPSA) is 91.3 Å². The summed E-state index contributed by atoms with van der Waals surface area (Å²) in [6.45, 7) is 5.52. The average molecular weight is 839 g/mol. The zero-order valence-corrected chi connectivity index (χ0v) is 39.4. The molecule has 58 heavy (non-hydrogen) atoms. The van der Waals surface area contributed by atoms with Gasteiger partial charge >= 0.3 is 13.8 Å². The van der Waals surface area contributed by atoms with Crippen LogP contribution in [0.15, 0.2) is 48.6 Å². The fourth-order valence-corrected chi connectivity index (χ4v) is 7.23. The largest absolute Gasteiger partial charge is 0.472 e. The van der Waals surface area contributed by atoms with Gasteiger partial charge in [-0.15, -0.1) is 0 Å². The summed E-state index contributed by atoms with van der Waals surface area (Å²) in [5, 5.41) is 0. The lowest BCUT2D eigenvalue weighted by Crippen LogP contribution is -2.37. The standard InChI is InChI=1S/C49H92NO7P/c1-6-8-10-12-14-16-18-20-22-24-25-26-28-30-32-34-36-38-40-42-49(51)57-48(47-56-58(52,53)55-45-43-50(3,4)5)46-54-44-41-39-37-35-33-31-29-27-23-21-19-17-15-13-11-9-7-2/h8,10,14,16,20,22,25-26,48H,6-7,9,11-13,15,17-19,21,23-24,27-47H2,1-5H3/p+1/b10-8-,16-14-,22-20-,26-25-. The summed E-state index contributed by atoms with van der Waals surface area (Å²) in [7, 11) is 1.66. The van der Waals surface area contributed by atoms with Crippen LogP contribution in [0.2, 0.25) is 0 Å². The molecule has 0 aromatic carbocycles. The summed E-state index contributed by atoms with van der Waals surface area (Å²) in [4.78, 5) is 22.9. The zero-order valence-electron chi connectivity index (χ0n) is 38.5. The van der Waals surface area contributed by atoms with E-state index in [9.17, 15) is 14.3 Å². The minimum atomic E-state index is -4.28. The number of nitrogens with zero attached hydrogens (tertiary/aromatic N) is 1. The summed E-state index contributed by atoms with van der Waals surface area (Å²) in [5.74, 6) is -0.326. The van der Waals surface area contributed by atoms with Crippen LogP contribution in [0, 0.1) is 0 Å². The van der Waals surface area contributed by atoms with Crippen LogP contribution < -0.4 is 0 Å². The van der Waals surface area contributed by atoms with E-state index in [0.717, 1.165) is 70.6 Å². The van der Waals surface area contributed by atoms with Gasteiger partial charge in [-0.1, -0.05) is 191 Å². The smallest absolute Gasteiger partial charge is 0.457 e. The van der Waals surface area contributed by atoms with Gasteiger partial charge < -0.3 is 18.9 Å². The van der Waals surface area contributed by atoms with Crippen LogP contribution in [0.4, 0.5) is 0 Å². The fourth-order valence-electron chi connectivity index (χ4n) is 6.49. The Morgan fingerprint density at radius 1 is 0.552 bits per heavy atom. The van der Waals surface area contributed by atoms with Crippen molar-refractivity contribution in [3.8, 4) is 0 Å². The molecule has 0 amide bonds. The maximum Gasteiger partial charge on any atom is 0.472 e. The van der Waals surface area contributed by atoms with Crippen LogP contribution in [-0.2, 0) is 27.9 Å². The van der Waals surface area contributed by atoms with Gasteiger partial charge in [0.1, 0.15) is 19.3 Å². The second-order valence-corrected chi connectivity index (χ2v) is 18.6. The first-order valence-corrected chi connectivity index (χ1v) is 25.4. The lowest BCUT2D eigenvalue weighted by Gasteiger charge is -2.24. The number of hydrogen-bond acceptors (Lipinski definition) is 6. The van der Waals surface area contributed by atoms with Crippen molar-refractivity contribution in [3.05, 3.63) is 48.6 Å². The highest BCUT2D eigenvalue weighted by Crippen LogP contribution is 2.43. The Labute approximate surface area is 358 Å². The van der Waals surface area contributed by atoms with Gasteiger partial charge in [-0.2, -0.15) is 0 Å². The van der Waals surface area contributed by atoms with Crippen LogP contribution in [-0.4, -0.2) is 75.6 Å². The van der Waals surface area contributed by atoms with E-state index in [1.54, 1.807) is 0 Å². The highest BCUT2D eigenvalue weighted by molar-refractivity contribution is 7.47. The fraction of sp³-hybridized carbons (Fsp3) is 0.816. The Hall–Kier alpha value is -1.54. The molecule has 0 aliphatic carbocycles. The molecule has 0 rings (SSSR count). The molecule has 0 aliphatic heterocycles. The summed E-state index contributed by atoms with van der Waals surface area (Å²) in [6.07, 6.45) is 51.4. The SMILES string of the molecule is CC/C=C\C/C=C\C/C=C\C/C=C\CCCCCCCCC(=O)OC(COCCCCCCCCCCCCCCCCCCC)COP(=O)(O)OCC[N+](C)(C)C. The van der Waals surface area contributed by atoms with Crippen LogP contribution in [0.25, 0.3) is 0 Å². The number of hydrogen-bond donors (Lipinski definition) is 1. The van der Waals surface area contributed by atoms with Gasteiger partial charge in [-0.05, 0) is 51.4 Å². The number of quaternary nitrogens is 1. The number of carbonyl (C=O) groups excluding carboxylic acids is 1. The molecule has 0 radical (unpaired) electrons. The Morgan fingerprint density at radius 3 is 1.50 bits per heavy atom. The van der Waals surface area contributed by atoms with Crippen molar-refractivity contribution in [1.29, 1.82) is 0 Å². The number of likely N-dealkylation sites (N-methyl/N-ethyl adjacent to an activating group) is 1. The number of phosphoric acid groups is 1. The number of rotatable bonds is 44.